The van der Waals surface area contributed by atoms with Crippen LogP contribution in [0, 0.1) is 17.2 Å². The molecular formula is C34H37F2N9O2. The number of pyridine rings is 1. The lowest BCUT2D eigenvalue weighted by Crippen LogP contribution is -2.65. The second-order valence-corrected chi connectivity index (χ2v) is 13.6. The number of ketones is 1. The molecule has 244 valence electrons. The summed E-state index contributed by atoms with van der Waals surface area (Å²) in [6.45, 7) is 3.60. The van der Waals surface area contributed by atoms with Crippen LogP contribution in [0.25, 0.3) is 28.0 Å². The molecule has 0 amide bonds. The van der Waals surface area contributed by atoms with Gasteiger partial charge in [-0.05, 0) is 43.7 Å². The van der Waals surface area contributed by atoms with Crippen LogP contribution in [-0.2, 0) is 9.53 Å². The number of fused-ring (bicyclic) bond motifs is 3. The maximum absolute atomic E-state index is 13.8. The van der Waals surface area contributed by atoms with E-state index in [1.807, 2.05) is 29.2 Å². The van der Waals surface area contributed by atoms with Gasteiger partial charge in [0, 0.05) is 68.8 Å². The standard InChI is InChI=1S/C34H37F2N9O2/c35-34(36)9-7-22(8-10-34)15-43-27-17-42(18-28(43)21-47-20-27)31-6-1-23(12-38-31)32-33-24(11-37)13-40-45(33)19-30(41-32)25-14-39-44(16-25)26-2-4-29(46)5-3-26/h1,6,12-14,16,19,22,26-28H,2-5,7-10,15,17-18,20-21H2/t27-,28+. The molecule has 2 bridgehead atoms. The summed E-state index contributed by atoms with van der Waals surface area (Å²) in [6, 6.07) is 6.79. The van der Waals surface area contributed by atoms with E-state index in [1.54, 1.807) is 23.1 Å². The van der Waals surface area contributed by atoms with Crippen molar-refractivity contribution in [2.45, 2.75) is 75.4 Å². The van der Waals surface area contributed by atoms with Crippen molar-refractivity contribution in [1.82, 2.24) is 34.3 Å². The van der Waals surface area contributed by atoms with Gasteiger partial charge < -0.3 is 9.64 Å². The summed E-state index contributed by atoms with van der Waals surface area (Å²) in [7, 11) is 0. The Morgan fingerprint density at radius 2 is 1.70 bits per heavy atom. The number of carbonyl (C=O) groups excluding carboxylic acids is 1. The van der Waals surface area contributed by atoms with Crippen LogP contribution >= 0.6 is 0 Å². The predicted molar refractivity (Wildman–Crippen MR) is 169 cm³/mol. The van der Waals surface area contributed by atoms with Gasteiger partial charge in [-0.2, -0.15) is 15.5 Å². The van der Waals surface area contributed by atoms with Crippen molar-refractivity contribution in [3.8, 4) is 28.6 Å². The topological polar surface area (TPSA) is 117 Å². The number of rotatable bonds is 6. The summed E-state index contributed by atoms with van der Waals surface area (Å²) in [5.41, 5.74) is 3.93. The van der Waals surface area contributed by atoms with Gasteiger partial charge >= 0.3 is 0 Å². The Kier molecular flexibility index (Phi) is 7.72. The third-order valence-electron chi connectivity index (χ3n) is 10.5. The second-order valence-electron chi connectivity index (χ2n) is 13.6. The number of anilines is 1. The number of carbonyl (C=O) groups is 1. The molecule has 6 heterocycles. The van der Waals surface area contributed by atoms with Crippen LogP contribution in [0.15, 0.2) is 43.1 Å². The average Bonchev–Trinajstić information content (AvgIpc) is 3.74. The number of morpholine rings is 1. The van der Waals surface area contributed by atoms with Crippen LogP contribution < -0.4 is 4.90 Å². The number of nitriles is 1. The lowest BCUT2D eigenvalue weighted by atomic mass is 9.85. The Morgan fingerprint density at radius 1 is 0.936 bits per heavy atom. The summed E-state index contributed by atoms with van der Waals surface area (Å²) in [6.07, 6.45) is 12.8. The fourth-order valence-corrected chi connectivity index (χ4v) is 7.80. The van der Waals surface area contributed by atoms with Gasteiger partial charge in [0.2, 0.25) is 5.92 Å². The van der Waals surface area contributed by atoms with E-state index < -0.39 is 5.92 Å². The van der Waals surface area contributed by atoms with Crippen LogP contribution in [0.4, 0.5) is 14.6 Å². The van der Waals surface area contributed by atoms with E-state index >= 15 is 0 Å². The molecule has 47 heavy (non-hydrogen) atoms. The molecule has 0 unspecified atom stereocenters. The molecule has 4 aromatic rings. The van der Waals surface area contributed by atoms with E-state index in [-0.39, 0.29) is 31.0 Å². The highest BCUT2D eigenvalue weighted by Crippen LogP contribution is 2.38. The van der Waals surface area contributed by atoms with Gasteiger partial charge in [0.25, 0.3) is 0 Å². The zero-order valence-corrected chi connectivity index (χ0v) is 26.1. The molecule has 2 saturated carbocycles. The predicted octanol–water partition coefficient (Wildman–Crippen LogP) is 4.93. The van der Waals surface area contributed by atoms with Gasteiger partial charge in [0.15, 0.2) is 0 Å². The molecule has 0 radical (unpaired) electrons. The zero-order chi connectivity index (χ0) is 32.1. The van der Waals surface area contributed by atoms with Crippen molar-refractivity contribution < 1.29 is 18.3 Å². The molecule has 0 aromatic carbocycles. The summed E-state index contributed by atoms with van der Waals surface area (Å²) in [5, 5.41) is 18.9. The maximum atomic E-state index is 13.8. The molecule has 4 aliphatic rings. The maximum Gasteiger partial charge on any atom is 0.248 e. The molecule has 2 aliphatic carbocycles. The van der Waals surface area contributed by atoms with E-state index in [9.17, 15) is 18.8 Å². The highest BCUT2D eigenvalue weighted by molar-refractivity contribution is 5.83. The lowest BCUT2D eigenvalue weighted by Gasteiger charge is -2.51. The van der Waals surface area contributed by atoms with Crippen LogP contribution in [0.5, 0.6) is 0 Å². The minimum absolute atomic E-state index is 0.00771. The number of ether oxygens (including phenoxy) is 1. The minimum atomic E-state index is -2.51. The van der Waals surface area contributed by atoms with Crippen molar-refractivity contribution in [2.24, 2.45) is 5.92 Å². The fourth-order valence-electron chi connectivity index (χ4n) is 7.80. The fraction of sp³-hybridized carbons (Fsp3) is 0.529. The van der Waals surface area contributed by atoms with Crippen molar-refractivity contribution in [2.75, 3.05) is 37.7 Å². The van der Waals surface area contributed by atoms with Crippen molar-refractivity contribution >= 4 is 17.1 Å². The van der Waals surface area contributed by atoms with Gasteiger partial charge in [-0.15, -0.1) is 0 Å². The first-order chi connectivity index (χ1) is 22.8. The molecular weight excluding hydrogens is 604 g/mol. The number of piperazine rings is 1. The highest BCUT2D eigenvalue weighted by atomic mass is 19.3. The van der Waals surface area contributed by atoms with E-state index in [0.29, 0.717) is 73.1 Å². The number of Topliss-reactive ketones (excluding diaryl/α,β-unsaturated/α-hetero) is 1. The Hall–Kier alpha value is -4.28. The van der Waals surface area contributed by atoms with Crippen LogP contribution in [0.1, 0.15) is 63.0 Å². The first-order valence-electron chi connectivity index (χ1n) is 16.6. The highest BCUT2D eigenvalue weighted by Gasteiger charge is 2.42. The normalized spacial score (nSPS) is 24.1. The zero-order valence-electron chi connectivity index (χ0n) is 26.1. The van der Waals surface area contributed by atoms with Crippen LogP contribution in [0.2, 0.25) is 0 Å². The van der Waals surface area contributed by atoms with E-state index in [2.05, 4.69) is 26.1 Å². The summed E-state index contributed by atoms with van der Waals surface area (Å²) in [4.78, 5) is 26.4. The first-order valence-corrected chi connectivity index (χ1v) is 16.6. The molecule has 0 spiro atoms. The van der Waals surface area contributed by atoms with Gasteiger partial charge in [0.1, 0.15) is 28.8 Å². The van der Waals surface area contributed by atoms with Crippen molar-refractivity contribution in [1.29, 1.82) is 5.26 Å². The molecule has 2 atom stereocenters. The molecule has 4 fully saturated rings. The SMILES string of the molecule is N#Cc1cnn2cc(-c3cnn(C4CCC(=O)CC4)c3)nc(-c3ccc(N4C[C@H]5COC[C@@H](C4)N5CC4CCC(F)(F)CC4)nc3)c12. The Balaban J connectivity index is 1.03. The largest absolute Gasteiger partial charge is 0.378 e. The van der Waals surface area contributed by atoms with E-state index in [1.165, 1.54) is 0 Å². The number of aromatic nitrogens is 6. The van der Waals surface area contributed by atoms with Gasteiger partial charge in [0.05, 0.1) is 61.3 Å². The number of halogens is 2. The third kappa shape index (κ3) is 5.89. The molecule has 0 N–H and O–H groups in total. The number of nitrogens with zero attached hydrogens (tertiary/aromatic N) is 9. The van der Waals surface area contributed by atoms with E-state index in [4.69, 9.17) is 14.7 Å². The Bertz CT molecular complexity index is 1800. The quantitative estimate of drug-likeness (QED) is 0.289. The summed E-state index contributed by atoms with van der Waals surface area (Å²) < 4.78 is 37.0. The van der Waals surface area contributed by atoms with Gasteiger partial charge in [-0.3, -0.25) is 14.4 Å². The average molecular weight is 642 g/mol. The summed E-state index contributed by atoms with van der Waals surface area (Å²) >= 11 is 0. The van der Waals surface area contributed by atoms with Gasteiger partial charge in [-0.1, -0.05) is 0 Å². The third-order valence-corrected chi connectivity index (χ3v) is 10.5. The second kappa shape index (κ2) is 12.1. The number of hydrogen-bond donors (Lipinski definition) is 0. The molecule has 8 rings (SSSR count). The summed E-state index contributed by atoms with van der Waals surface area (Å²) in [5.74, 6) is -1.04. The van der Waals surface area contributed by atoms with Crippen LogP contribution in [0.3, 0.4) is 0 Å². The lowest BCUT2D eigenvalue weighted by molar-refractivity contribution is -0.120. The number of alkyl halides is 2. The Labute approximate surface area is 271 Å². The first kappa shape index (κ1) is 30.1. The molecule has 11 nitrogen and oxygen atoms in total. The molecule has 4 aromatic heterocycles. The van der Waals surface area contributed by atoms with Crippen LogP contribution in [-0.4, -0.2) is 90.9 Å². The smallest absolute Gasteiger partial charge is 0.248 e. The minimum Gasteiger partial charge on any atom is -0.378 e. The molecule has 2 saturated heterocycles. The monoisotopic (exact) mass is 641 g/mol. The van der Waals surface area contributed by atoms with Crippen molar-refractivity contribution in [3.05, 3.63) is 48.7 Å². The number of hydrogen-bond acceptors (Lipinski definition) is 9. The molecule has 13 heteroatoms. The van der Waals surface area contributed by atoms with E-state index in [0.717, 1.165) is 49.4 Å². The Morgan fingerprint density at radius 3 is 2.40 bits per heavy atom. The molecule has 2 aliphatic heterocycles. The van der Waals surface area contributed by atoms with Gasteiger partial charge in [-0.25, -0.2) is 23.3 Å². The van der Waals surface area contributed by atoms with Crippen molar-refractivity contribution in [3.63, 3.8) is 0 Å².